The zero-order valence-electron chi connectivity index (χ0n) is 13.7. The van der Waals surface area contributed by atoms with E-state index in [-0.39, 0.29) is 17.0 Å². The third kappa shape index (κ3) is 3.82. The molecule has 4 atom stereocenters. The van der Waals surface area contributed by atoms with Crippen molar-refractivity contribution in [1.82, 2.24) is 24.2 Å². The summed E-state index contributed by atoms with van der Waals surface area (Å²) in [4.78, 5) is 22.9. The molecule has 15 heteroatoms. The van der Waals surface area contributed by atoms with Crippen molar-refractivity contribution in [3.63, 3.8) is 0 Å². The molecule has 3 rings (SSSR count). The van der Waals surface area contributed by atoms with Gasteiger partial charge in [0.2, 0.25) is 5.91 Å². The Morgan fingerprint density at radius 3 is 2.78 bits per heavy atom. The van der Waals surface area contributed by atoms with E-state index in [2.05, 4.69) is 19.1 Å². The van der Waals surface area contributed by atoms with E-state index in [1.54, 1.807) is 4.72 Å². The highest BCUT2D eigenvalue weighted by atomic mass is 32.2. The van der Waals surface area contributed by atoms with Crippen molar-refractivity contribution < 1.29 is 32.3 Å². The lowest BCUT2D eigenvalue weighted by molar-refractivity contribution is -0.118. The van der Waals surface area contributed by atoms with E-state index in [1.165, 1.54) is 17.2 Å². The van der Waals surface area contributed by atoms with Crippen LogP contribution < -0.4 is 16.2 Å². The summed E-state index contributed by atoms with van der Waals surface area (Å²) < 4.78 is 36.2. The van der Waals surface area contributed by atoms with Gasteiger partial charge in [0.25, 0.3) is 0 Å². The Kier molecular flexibility index (Phi) is 5.22. The van der Waals surface area contributed by atoms with Crippen molar-refractivity contribution >= 4 is 33.2 Å². The lowest BCUT2D eigenvalue weighted by Gasteiger charge is -2.16. The number of fused-ring (bicyclic) bond motifs is 1. The molecule has 1 aliphatic rings. The fourth-order valence-corrected chi connectivity index (χ4v) is 3.25. The Morgan fingerprint density at radius 2 is 2.07 bits per heavy atom. The topological polar surface area (TPSA) is 218 Å². The van der Waals surface area contributed by atoms with Gasteiger partial charge in [-0.1, -0.05) is 0 Å². The summed E-state index contributed by atoms with van der Waals surface area (Å²) in [5.74, 6) is -0.851. The molecule has 0 aromatic carbocycles. The number of ether oxygens (including phenoxy) is 1. The fraction of sp³-hybridized carbons (Fsp3) is 0.500. The first kappa shape index (κ1) is 19.3. The predicted molar refractivity (Wildman–Crippen MR) is 87.7 cm³/mol. The van der Waals surface area contributed by atoms with Gasteiger partial charge >= 0.3 is 10.3 Å². The number of imidazole rings is 1. The molecule has 0 aliphatic carbocycles. The summed E-state index contributed by atoms with van der Waals surface area (Å²) in [6.07, 6.45) is -2.78. The monoisotopic (exact) mass is 403 g/mol. The molecule has 0 bridgehead atoms. The Balaban J connectivity index is 1.74. The highest BCUT2D eigenvalue weighted by molar-refractivity contribution is 7.85. The maximum Gasteiger partial charge on any atom is 0.362 e. The van der Waals surface area contributed by atoms with Gasteiger partial charge in [0.1, 0.15) is 30.2 Å². The van der Waals surface area contributed by atoms with Crippen LogP contribution >= 0.6 is 0 Å². The van der Waals surface area contributed by atoms with Crippen molar-refractivity contribution in [2.75, 3.05) is 18.9 Å². The zero-order valence-corrected chi connectivity index (χ0v) is 14.5. The number of carbonyl (C=O) groups excluding carboxylic acids is 1. The number of nitrogens with zero attached hydrogens (tertiary/aromatic N) is 4. The second-order valence-corrected chi connectivity index (χ2v) is 6.95. The number of hydrogen-bond donors (Lipinski definition) is 5. The molecule has 27 heavy (non-hydrogen) atoms. The molecule has 1 unspecified atom stereocenters. The Bertz CT molecular complexity index is 949. The average Bonchev–Trinajstić information content (AvgIpc) is 3.16. The number of hydrogen-bond acceptors (Lipinski definition) is 12. The van der Waals surface area contributed by atoms with Gasteiger partial charge in [0.15, 0.2) is 17.7 Å². The molecular formula is C12H17N7O7S. The van der Waals surface area contributed by atoms with Crippen LogP contribution in [0.2, 0.25) is 0 Å². The van der Waals surface area contributed by atoms with Crippen LogP contribution in [0.1, 0.15) is 6.23 Å². The predicted octanol–water partition coefficient (Wildman–Crippen LogP) is -3.64. The summed E-state index contributed by atoms with van der Waals surface area (Å²) >= 11 is 0. The van der Waals surface area contributed by atoms with E-state index in [0.29, 0.717) is 0 Å². The minimum Gasteiger partial charge on any atom is -0.387 e. The first-order chi connectivity index (χ1) is 12.7. The Hall–Kier alpha value is -2.43. The van der Waals surface area contributed by atoms with Crippen molar-refractivity contribution in [3.05, 3.63) is 12.7 Å². The molecule has 1 aliphatic heterocycles. The van der Waals surface area contributed by atoms with E-state index < -0.39 is 53.9 Å². The Morgan fingerprint density at radius 1 is 1.33 bits per heavy atom. The summed E-state index contributed by atoms with van der Waals surface area (Å²) in [5.41, 5.74) is 11.2. The van der Waals surface area contributed by atoms with Crippen LogP contribution in [0.3, 0.4) is 0 Å². The van der Waals surface area contributed by atoms with Crippen molar-refractivity contribution in [2.24, 2.45) is 5.73 Å². The van der Waals surface area contributed by atoms with E-state index >= 15 is 0 Å². The fourth-order valence-electron chi connectivity index (χ4n) is 2.52. The number of aliphatic hydroxyl groups is 2. The van der Waals surface area contributed by atoms with Crippen molar-refractivity contribution in [1.29, 1.82) is 0 Å². The molecule has 0 saturated carbocycles. The van der Waals surface area contributed by atoms with Crippen molar-refractivity contribution in [3.8, 4) is 0 Å². The first-order valence-corrected chi connectivity index (χ1v) is 8.99. The number of carbonyl (C=O) groups is 1. The molecule has 14 nitrogen and oxygen atoms in total. The molecule has 3 heterocycles. The zero-order chi connectivity index (χ0) is 19.8. The molecule has 1 amide bonds. The number of anilines is 1. The summed E-state index contributed by atoms with van der Waals surface area (Å²) in [7, 11) is -4.44. The smallest absolute Gasteiger partial charge is 0.362 e. The standard InChI is InChI=1S/C12H17N7O7S/c13-1-6(20)18-27(23,24)25-2-5-8(21)9(22)12(26-5)19-4-17-7-10(14)15-3-16-11(7)19/h3-5,8-9,12,21-22H,1-2,13H2,(H,18,20)(H2,14,15,16)/t5-,8?,9+,12-/m1/s1. The van der Waals surface area contributed by atoms with Crippen molar-refractivity contribution in [2.45, 2.75) is 24.5 Å². The van der Waals surface area contributed by atoms with Gasteiger partial charge in [-0.25, -0.2) is 19.7 Å². The molecule has 0 radical (unpaired) electrons. The van der Waals surface area contributed by atoms with E-state index in [0.717, 1.165) is 0 Å². The van der Waals surface area contributed by atoms with E-state index in [9.17, 15) is 23.4 Å². The maximum absolute atomic E-state index is 11.6. The van der Waals surface area contributed by atoms with Crippen LogP contribution in [0.5, 0.6) is 0 Å². The molecule has 1 fully saturated rings. The van der Waals surface area contributed by atoms with Gasteiger partial charge < -0.3 is 26.4 Å². The largest absolute Gasteiger partial charge is 0.387 e. The SMILES string of the molecule is NCC(=O)NS(=O)(=O)OC[C@H]1O[C@@H](n2cnc3c(N)ncnc32)[C@@H](O)C1O. The second-order valence-electron chi connectivity index (χ2n) is 5.60. The van der Waals surface area contributed by atoms with E-state index in [4.69, 9.17) is 16.2 Å². The summed E-state index contributed by atoms with van der Waals surface area (Å²) in [6, 6.07) is 0. The van der Waals surface area contributed by atoms with Gasteiger partial charge in [0.05, 0.1) is 19.5 Å². The van der Waals surface area contributed by atoms with Crippen LogP contribution in [0.25, 0.3) is 11.2 Å². The maximum atomic E-state index is 11.6. The van der Waals surface area contributed by atoms with Gasteiger partial charge in [-0.05, 0) is 0 Å². The van der Waals surface area contributed by atoms with Gasteiger partial charge in [-0.3, -0.25) is 13.5 Å². The van der Waals surface area contributed by atoms with Crippen LogP contribution in [0, 0.1) is 0 Å². The molecule has 0 spiro atoms. The molecule has 2 aromatic rings. The molecule has 1 saturated heterocycles. The molecule has 148 valence electrons. The highest BCUT2D eigenvalue weighted by Crippen LogP contribution is 2.32. The number of nitrogens with one attached hydrogen (secondary N) is 1. The quantitative estimate of drug-likeness (QED) is 0.315. The second kappa shape index (κ2) is 7.29. The normalized spacial score (nSPS) is 25.7. The number of aliphatic hydroxyl groups excluding tert-OH is 2. The van der Waals surface area contributed by atoms with Crippen LogP contribution in [-0.4, -0.2) is 75.5 Å². The number of aromatic nitrogens is 4. The molecular weight excluding hydrogens is 386 g/mol. The third-order valence-electron chi connectivity index (χ3n) is 3.81. The van der Waals surface area contributed by atoms with Crippen LogP contribution in [-0.2, 0) is 24.0 Å². The third-order valence-corrected chi connectivity index (χ3v) is 4.73. The Labute approximate surface area is 152 Å². The molecule has 7 N–H and O–H groups in total. The lowest BCUT2D eigenvalue weighted by atomic mass is 10.1. The first-order valence-electron chi connectivity index (χ1n) is 7.58. The summed E-state index contributed by atoms with van der Waals surface area (Å²) in [5, 5.41) is 20.4. The number of nitrogen functional groups attached to an aromatic ring is 1. The van der Waals surface area contributed by atoms with Gasteiger partial charge in [-0.2, -0.15) is 8.42 Å². The van der Waals surface area contributed by atoms with Crippen LogP contribution in [0.4, 0.5) is 5.82 Å². The van der Waals surface area contributed by atoms with Gasteiger partial charge in [0, 0.05) is 0 Å². The number of nitrogens with two attached hydrogens (primary N) is 2. The minimum atomic E-state index is -4.44. The number of rotatable bonds is 6. The molecule has 2 aromatic heterocycles. The van der Waals surface area contributed by atoms with Gasteiger partial charge in [-0.15, -0.1) is 0 Å². The minimum absolute atomic E-state index is 0.119. The lowest BCUT2D eigenvalue weighted by Crippen LogP contribution is -2.39. The number of amides is 1. The highest BCUT2D eigenvalue weighted by Gasteiger charge is 2.45. The van der Waals surface area contributed by atoms with E-state index in [1.807, 2.05) is 0 Å². The van der Waals surface area contributed by atoms with Crippen LogP contribution in [0.15, 0.2) is 12.7 Å². The summed E-state index contributed by atoms with van der Waals surface area (Å²) in [6.45, 7) is -1.21. The average molecular weight is 403 g/mol.